The topological polar surface area (TPSA) is 38.7 Å². The molecule has 1 aromatic rings. The number of unbranched alkanes of at least 4 members (excludes halogenated alkanes) is 5. The molecule has 0 saturated heterocycles. The normalized spacial score (nSPS) is 13.1. The third-order valence-electron chi connectivity index (χ3n) is 4.95. The minimum atomic E-state index is -1.73. The van der Waals surface area contributed by atoms with Crippen molar-refractivity contribution < 1.29 is 27.8 Å². The zero-order valence-corrected chi connectivity index (χ0v) is 17.4. The summed E-state index contributed by atoms with van der Waals surface area (Å²) in [5.74, 6) is -5.95. The predicted octanol–water partition coefficient (Wildman–Crippen LogP) is 6.12. The molecule has 0 aliphatic heterocycles. The highest BCUT2D eigenvalue weighted by molar-refractivity contribution is 5.19. The fraction of sp³-hybridized carbons (Fsp3) is 0.727. The first-order chi connectivity index (χ1) is 13.4. The smallest absolute Gasteiger partial charge is 0.283 e. The highest BCUT2D eigenvalue weighted by Crippen LogP contribution is 2.31. The van der Waals surface area contributed by atoms with E-state index in [0.29, 0.717) is 18.4 Å². The van der Waals surface area contributed by atoms with Crippen molar-refractivity contribution in [3.8, 4) is 0 Å². The van der Waals surface area contributed by atoms with Gasteiger partial charge in [-0.3, -0.25) is 0 Å². The highest BCUT2D eigenvalue weighted by Gasteiger charge is 2.38. The zero-order valence-electron chi connectivity index (χ0n) is 17.4. The molecular formula is C22H35F3O3. The van der Waals surface area contributed by atoms with Crippen LogP contribution in [0, 0.1) is 23.4 Å². The van der Waals surface area contributed by atoms with Crippen molar-refractivity contribution in [2.45, 2.75) is 84.5 Å². The number of hydrogen-bond donors (Lipinski definition) is 1. The largest absolute Gasteiger partial charge is 0.343 e. The number of benzene rings is 1. The summed E-state index contributed by atoms with van der Waals surface area (Å²) in [6.07, 6.45) is 8.05. The molecule has 0 aliphatic rings. The van der Waals surface area contributed by atoms with E-state index in [1.807, 2.05) is 0 Å². The highest BCUT2D eigenvalue weighted by atomic mass is 19.2. The van der Waals surface area contributed by atoms with Crippen LogP contribution in [-0.4, -0.2) is 24.3 Å². The SMILES string of the molecule is CCCCCCCCC(CCc1cc(F)c(F)c(F)c1)C(O)(OCC)OCC. The molecule has 1 atom stereocenters. The lowest BCUT2D eigenvalue weighted by Gasteiger charge is -2.35. The molecule has 0 bridgehead atoms. The number of rotatable bonds is 15. The number of aliphatic hydroxyl groups is 1. The van der Waals surface area contributed by atoms with E-state index in [1.165, 1.54) is 19.3 Å². The van der Waals surface area contributed by atoms with E-state index in [-0.39, 0.29) is 25.6 Å². The molecule has 0 fully saturated rings. The van der Waals surface area contributed by atoms with E-state index in [9.17, 15) is 18.3 Å². The maximum Gasteiger partial charge on any atom is 0.283 e. The summed E-state index contributed by atoms with van der Waals surface area (Å²) in [4.78, 5) is 0. The van der Waals surface area contributed by atoms with Crippen LogP contribution in [0.1, 0.15) is 77.7 Å². The molecule has 0 radical (unpaired) electrons. The Morgan fingerprint density at radius 3 is 1.93 bits per heavy atom. The Balaban J connectivity index is 2.78. The van der Waals surface area contributed by atoms with Crippen molar-refractivity contribution in [2.24, 2.45) is 5.92 Å². The van der Waals surface area contributed by atoms with Gasteiger partial charge in [-0.05, 0) is 50.8 Å². The van der Waals surface area contributed by atoms with Crippen molar-refractivity contribution >= 4 is 0 Å². The van der Waals surface area contributed by atoms with Gasteiger partial charge in [0.2, 0.25) is 0 Å². The predicted molar refractivity (Wildman–Crippen MR) is 104 cm³/mol. The third kappa shape index (κ3) is 8.10. The molecule has 0 amide bonds. The monoisotopic (exact) mass is 404 g/mol. The minimum Gasteiger partial charge on any atom is -0.343 e. The van der Waals surface area contributed by atoms with Crippen LogP contribution < -0.4 is 0 Å². The molecular weight excluding hydrogens is 369 g/mol. The molecule has 162 valence electrons. The Morgan fingerprint density at radius 2 is 1.39 bits per heavy atom. The van der Waals surface area contributed by atoms with Crippen LogP contribution in [0.2, 0.25) is 0 Å². The molecule has 1 rings (SSSR count). The van der Waals surface area contributed by atoms with Crippen molar-refractivity contribution in [3.05, 3.63) is 35.1 Å². The maximum absolute atomic E-state index is 13.5. The van der Waals surface area contributed by atoms with E-state index in [1.54, 1.807) is 13.8 Å². The van der Waals surface area contributed by atoms with Crippen molar-refractivity contribution in [1.82, 2.24) is 0 Å². The van der Waals surface area contributed by atoms with Gasteiger partial charge < -0.3 is 14.6 Å². The lowest BCUT2D eigenvalue weighted by atomic mass is 9.91. The first-order valence-electron chi connectivity index (χ1n) is 10.5. The van der Waals surface area contributed by atoms with Crippen LogP contribution in [0.4, 0.5) is 13.2 Å². The minimum absolute atomic E-state index is 0.281. The quantitative estimate of drug-likeness (QED) is 0.217. The molecule has 0 aromatic heterocycles. The Morgan fingerprint density at radius 1 is 0.857 bits per heavy atom. The molecule has 0 saturated carbocycles. The Kier molecular flexibility index (Phi) is 11.7. The van der Waals surface area contributed by atoms with E-state index in [2.05, 4.69) is 6.92 Å². The average Bonchev–Trinajstić information content (AvgIpc) is 2.65. The lowest BCUT2D eigenvalue weighted by molar-refractivity contribution is -0.385. The number of halogens is 3. The van der Waals surface area contributed by atoms with Gasteiger partial charge in [-0.25, -0.2) is 13.2 Å². The molecule has 0 spiro atoms. The molecule has 0 aliphatic carbocycles. The number of ether oxygens (including phenoxy) is 2. The van der Waals surface area contributed by atoms with E-state index in [0.717, 1.165) is 31.4 Å². The summed E-state index contributed by atoms with van der Waals surface area (Å²) in [5.41, 5.74) is 0.347. The molecule has 6 heteroatoms. The molecule has 3 nitrogen and oxygen atoms in total. The average molecular weight is 405 g/mol. The molecule has 1 unspecified atom stereocenters. The summed E-state index contributed by atoms with van der Waals surface area (Å²) in [7, 11) is 0. The fourth-order valence-electron chi connectivity index (χ4n) is 3.46. The van der Waals surface area contributed by atoms with Gasteiger partial charge in [-0.1, -0.05) is 45.4 Å². The van der Waals surface area contributed by atoms with Crippen molar-refractivity contribution in [3.63, 3.8) is 0 Å². The van der Waals surface area contributed by atoms with Crippen LogP contribution in [0.15, 0.2) is 12.1 Å². The molecule has 28 heavy (non-hydrogen) atoms. The van der Waals surface area contributed by atoms with Gasteiger partial charge in [0.05, 0.1) is 0 Å². The van der Waals surface area contributed by atoms with Gasteiger partial charge in [-0.2, -0.15) is 0 Å². The van der Waals surface area contributed by atoms with Crippen LogP contribution in [0.25, 0.3) is 0 Å². The molecule has 1 aromatic carbocycles. The van der Waals surface area contributed by atoms with E-state index >= 15 is 0 Å². The standard InChI is InChI=1S/C22H35F3O3/c1-4-7-8-9-10-11-12-18(22(26,27-5-2)28-6-3)14-13-17-15-19(23)21(25)20(24)16-17/h15-16,18,26H,4-14H2,1-3H3. The van der Waals surface area contributed by atoms with Gasteiger partial charge in [-0.15, -0.1) is 0 Å². The van der Waals surface area contributed by atoms with E-state index in [4.69, 9.17) is 9.47 Å². The molecule has 0 heterocycles. The van der Waals surface area contributed by atoms with Crippen LogP contribution >= 0.6 is 0 Å². The summed E-state index contributed by atoms with van der Waals surface area (Å²) < 4.78 is 51.1. The Hall–Kier alpha value is -1.11. The van der Waals surface area contributed by atoms with Crippen LogP contribution in [0.5, 0.6) is 0 Å². The number of aryl methyl sites for hydroxylation is 1. The van der Waals surface area contributed by atoms with Crippen molar-refractivity contribution in [1.29, 1.82) is 0 Å². The third-order valence-corrected chi connectivity index (χ3v) is 4.95. The zero-order chi connectivity index (χ0) is 21.0. The summed E-state index contributed by atoms with van der Waals surface area (Å²) in [6.45, 7) is 6.28. The van der Waals surface area contributed by atoms with Crippen LogP contribution in [0.3, 0.4) is 0 Å². The number of hydrogen-bond acceptors (Lipinski definition) is 3. The first-order valence-corrected chi connectivity index (χ1v) is 10.5. The van der Waals surface area contributed by atoms with Gasteiger partial charge in [0.15, 0.2) is 17.5 Å². The Labute approximate surface area is 167 Å². The fourth-order valence-corrected chi connectivity index (χ4v) is 3.46. The van der Waals surface area contributed by atoms with Gasteiger partial charge in [0.1, 0.15) is 0 Å². The first kappa shape index (κ1) is 24.9. The summed E-state index contributed by atoms with van der Waals surface area (Å²) in [5, 5.41) is 10.9. The Bertz CT molecular complexity index is 537. The lowest BCUT2D eigenvalue weighted by Crippen LogP contribution is -2.44. The summed E-state index contributed by atoms with van der Waals surface area (Å²) in [6, 6.07) is 2.00. The maximum atomic E-state index is 13.5. The van der Waals surface area contributed by atoms with Gasteiger partial charge >= 0.3 is 0 Å². The second kappa shape index (κ2) is 13.2. The second-order valence-electron chi connectivity index (χ2n) is 7.16. The van der Waals surface area contributed by atoms with Crippen molar-refractivity contribution in [2.75, 3.05) is 13.2 Å². The van der Waals surface area contributed by atoms with Gasteiger partial charge in [0, 0.05) is 19.1 Å². The second-order valence-corrected chi connectivity index (χ2v) is 7.16. The molecule has 1 N–H and O–H groups in total. The van der Waals surface area contributed by atoms with Crippen LogP contribution in [-0.2, 0) is 15.9 Å². The van der Waals surface area contributed by atoms with E-state index < -0.39 is 23.4 Å². The summed E-state index contributed by atoms with van der Waals surface area (Å²) >= 11 is 0. The van der Waals surface area contributed by atoms with Gasteiger partial charge in [0.25, 0.3) is 5.97 Å².